The van der Waals surface area contributed by atoms with E-state index in [0.29, 0.717) is 0 Å². The van der Waals surface area contributed by atoms with Crippen molar-refractivity contribution < 1.29 is 13.6 Å². The first-order valence-corrected chi connectivity index (χ1v) is 4.61. The number of anilines is 1. The maximum atomic E-state index is 12.7. The molecule has 0 saturated carbocycles. The topological polar surface area (TPSA) is 42.0 Å². The first-order valence-electron chi connectivity index (χ1n) is 3.85. The second-order valence-corrected chi connectivity index (χ2v) is 3.45. The lowest BCUT2D eigenvalue weighted by Gasteiger charge is -2.10. The Hall–Kier alpha value is -1.38. The highest BCUT2D eigenvalue weighted by Gasteiger charge is 2.36. The summed E-state index contributed by atoms with van der Waals surface area (Å²) in [4.78, 5) is 14.6. The normalized spacial score (nSPS) is 10.7. The van der Waals surface area contributed by atoms with Crippen LogP contribution in [-0.2, 0) is 4.79 Å². The van der Waals surface area contributed by atoms with Crippen LogP contribution >= 0.6 is 23.2 Å². The van der Waals surface area contributed by atoms with Gasteiger partial charge in [-0.25, -0.2) is 4.98 Å². The molecule has 0 aliphatic rings. The summed E-state index contributed by atoms with van der Waals surface area (Å²) in [5.41, 5.74) is -0.00933. The average molecular weight is 265 g/mol. The maximum absolute atomic E-state index is 12.7. The Morgan fingerprint density at radius 1 is 1.44 bits per heavy atom. The van der Waals surface area contributed by atoms with Crippen LogP contribution in [0.15, 0.2) is 12.1 Å². The van der Waals surface area contributed by atoms with E-state index in [1.807, 2.05) is 5.32 Å². The summed E-state index contributed by atoms with van der Waals surface area (Å²) < 4.78 is 25.4. The lowest BCUT2D eigenvalue weighted by Crippen LogP contribution is -2.32. The summed E-state index contributed by atoms with van der Waals surface area (Å²) >= 11 is 11.0. The van der Waals surface area contributed by atoms with Gasteiger partial charge >= 0.3 is 11.8 Å². The molecular weight excluding hydrogens is 261 g/mol. The maximum Gasteiger partial charge on any atom is 0.384 e. The molecule has 84 valence electrons. The molecule has 0 radical (unpaired) electrons. The zero-order chi connectivity index (χ0) is 12.3. The van der Waals surface area contributed by atoms with Crippen molar-refractivity contribution in [1.82, 2.24) is 4.98 Å². The quantitative estimate of drug-likeness (QED) is 0.659. The number of amides is 1. The van der Waals surface area contributed by atoms with Crippen LogP contribution < -0.4 is 5.32 Å². The number of alkyl halides is 2. The molecule has 16 heavy (non-hydrogen) atoms. The number of terminal acetylenes is 1. The number of rotatable bonds is 2. The number of hydrogen-bond donors (Lipinski definition) is 1. The van der Waals surface area contributed by atoms with E-state index in [0.717, 1.165) is 18.1 Å². The Morgan fingerprint density at radius 2 is 1.94 bits per heavy atom. The van der Waals surface area contributed by atoms with Crippen LogP contribution in [0, 0.1) is 12.3 Å². The van der Waals surface area contributed by atoms with E-state index in [2.05, 4.69) is 11.4 Å². The van der Waals surface area contributed by atoms with Gasteiger partial charge in [0.2, 0.25) is 0 Å². The molecule has 0 atom stereocenters. The highest BCUT2D eigenvalue weighted by molar-refractivity contribution is 6.33. The SMILES string of the molecule is C#CC(F)(F)C(=O)Nc1cc(Cl)nc(Cl)c1. The zero-order valence-electron chi connectivity index (χ0n) is 7.60. The lowest BCUT2D eigenvalue weighted by molar-refractivity contribution is -0.132. The van der Waals surface area contributed by atoms with E-state index in [4.69, 9.17) is 23.2 Å². The highest BCUT2D eigenvalue weighted by atomic mass is 35.5. The second kappa shape index (κ2) is 4.64. The highest BCUT2D eigenvalue weighted by Crippen LogP contribution is 2.21. The van der Waals surface area contributed by atoms with Gasteiger partial charge < -0.3 is 5.32 Å². The van der Waals surface area contributed by atoms with E-state index in [-0.39, 0.29) is 16.0 Å². The predicted molar refractivity (Wildman–Crippen MR) is 56.7 cm³/mol. The van der Waals surface area contributed by atoms with E-state index in [9.17, 15) is 13.6 Å². The molecule has 0 saturated heterocycles. The number of pyridine rings is 1. The fourth-order valence-corrected chi connectivity index (χ4v) is 1.27. The van der Waals surface area contributed by atoms with Crippen LogP contribution in [0.1, 0.15) is 0 Å². The molecule has 0 unspecified atom stereocenters. The fraction of sp³-hybridized carbons (Fsp3) is 0.111. The molecule has 1 rings (SSSR count). The molecule has 1 aromatic heterocycles. The molecule has 0 aliphatic carbocycles. The standard InChI is InChI=1S/C9H4Cl2F2N2O/c1-2-9(12,13)8(16)14-5-3-6(10)15-7(11)4-5/h1,3-4H,(H,14,15,16). The molecule has 7 heteroatoms. The number of halogens is 4. The van der Waals surface area contributed by atoms with Crippen LogP contribution in [-0.4, -0.2) is 16.8 Å². The van der Waals surface area contributed by atoms with Gasteiger partial charge in [-0.1, -0.05) is 23.2 Å². The summed E-state index contributed by atoms with van der Waals surface area (Å²) in [5, 5.41) is 1.80. The molecule has 0 aromatic carbocycles. The van der Waals surface area contributed by atoms with Crippen LogP contribution in [0.25, 0.3) is 0 Å². The minimum absolute atomic E-state index is 0.00933. The molecule has 0 aliphatic heterocycles. The van der Waals surface area contributed by atoms with Gasteiger partial charge in [0.25, 0.3) is 0 Å². The molecular formula is C9H4Cl2F2N2O. The Kier molecular flexibility index (Phi) is 3.68. The van der Waals surface area contributed by atoms with Crippen molar-refractivity contribution in [3.8, 4) is 12.3 Å². The van der Waals surface area contributed by atoms with E-state index in [1.54, 1.807) is 0 Å². The van der Waals surface area contributed by atoms with Gasteiger partial charge in [-0.2, -0.15) is 8.78 Å². The first-order chi connectivity index (χ1) is 7.35. The minimum atomic E-state index is -3.89. The molecule has 0 fully saturated rings. The Morgan fingerprint density at radius 3 is 2.38 bits per heavy atom. The lowest BCUT2D eigenvalue weighted by atomic mass is 10.3. The van der Waals surface area contributed by atoms with Crippen LogP contribution in [0.2, 0.25) is 10.3 Å². The van der Waals surface area contributed by atoms with E-state index in [1.165, 1.54) is 0 Å². The third kappa shape index (κ3) is 3.05. The molecule has 1 amide bonds. The van der Waals surface area contributed by atoms with Crippen molar-refractivity contribution in [2.75, 3.05) is 5.32 Å². The fourth-order valence-electron chi connectivity index (χ4n) is 0.812. The summed E-state index contributed by atoms with van der Waals surface area (Å²) in [6, 6.07) is 2.33. The number of carbonyl (C=O) groups excluding carboxylic acids is 1. The van der Waals surface area contributed by atoms with Crippen molar-refractivity contribution >= 4 is 34.8 Å². The number of nitrogens with one attached hydrogen (secondary N) is 1. The van der Waals surface area contributed by atoms with Crippen molar-refractivity contribution in [1.29, 1.82) is 0 Å². The van der Waals surface area contributed by atoms with Crippen molar-refractivity contribution in [2.45, 2.75) is 5.92 Å². The monoisotopic (exact) mass is 264 g/mol. The van der Waals surface area contributed by atoms with Gasteiger partial charge in [0.1, 0.15) is 10.3 Å². The Labute approximate surface area is 99.8 Å². The summed E-state index contributed by atoms with van der Waals surface area (Å²) in [7, 11) is 0. The van der Waals surface area contributed by atoms with E-state index >= 15 is 0 Å². The largest absolute Gasteiger partial charge is 0.384 e. The summed E-state index contributed by atoms with van der Waals surface area (Å²) in [6.07, 6.45) is 4.50. The van der Waals surface area contributed by atoms with Gasteiger partial charge in [0.15, 0.2) is 0 Å². The Bertz CT molecular complexity index is 451. The zero-order valence-corrected chi connectivity index (χ0v) is 9.11. The molecule has 1 heterocycles. The first kappa shape index (κ1) is 12.7. The minimum Gasteiger partial charge on any atom is -0.320 e. The van der Waals surface area contributed by atoms with Gasteiger partial charge in [0, 0.05) is 5.69 Å². The van der Waals surface area contributed by atoms with Crippen molar-refractivity contribution in [3.05, 3.63) is 22.4 Å². The summed E-state index contributed by atoms with van der Waals surface area (Å²) in [5.74, 6) is -4.45. The van der Waals surface area contributed by atoms with Gasteiger partial charge in [-0.05, 0) is 18.1 Å². The molecule has 0 bridgehead atoms. The van der Waals surface area contributed by atoms with Gasteiger partial charge in [-0.15, -0.1) is 6.42 Å². The van der Waals surface area contributed by atoms with Gasteiger partial charge in [-0.3, -0.25) is 4.79 Å². The number of carbonyl (C=O) groups is 1. The van der Waals surface area contributed by atoms with E-state index < -0.39 is 11.8 Å². The molecule has 1 aromatic rings. The van der Waals surface area contributed by atoms with Crippen molar-refractivity contribution in [2.24, 2.45) is 0 Å². The third-order valence-corrected chi connectivity index (χ3v) is 1.87. The number of aromatic nitrogens is 1. The van der Waals surface area contributed by atoms with Crippen LogP contribution in [0.5, 0.6) is 0 Å². The molecule has 1 N–H and O–H groups in total. The number of nitrogens with zero attached hydrogens (tertiary/aromatic N) is 1. The molecule has 3 nitrogen and oxygen atoms in total. The van der Waals surface area contributed by atoms with Gasteiger partial charge in [0.05, 0.1) is 0 Å². The Balaban J connectivity index is 2.90. The summed E-state index contributed by atoms with van der Waals surface area (Å²) in [6.45, 7) is 0. The third-order valence-electron chi connectivity index (χ3n) is 1.49. The predicted octanol–water partition coefficient (Wildman–Crippen LogP) is 2.60. The van der Waals surface area contributed by atoms with Crippen LogP contribution in [0.3, 0.4) is 0 Å². The second-order valence-electron chi connectivity index (χ2n) is 2.67. The molecule has 0 spiro atoms. The smallest absolute Gasteiger partial charge is 0.320 e. The average Bonchev–Trinajstić information content (AvgIpc) is 2.15. The number of hydrogen-bond acceptors (Lipinski definition) is 2. The van der Waals surface area contributed by atoms with Crippen molar-refractivity contribution in [3.63, 3.8) is 0 Å². The van der Waals surface area contributed by atoms with Crippen LogP contribution in [0.4, 0.5) is 14.5 Å².